The molecule has 3 heterocycles. The Morgan fingerprint density at radius 2 is 1.67 bits per heavy atom. The van der Waals surface area contributed by atoms with Crippen molar-refractivity contribution in [2.24, 2.45) is 11.7 Å². The average Bonchev–Trinajstić information content (AvgIpc) is 3.62. The zero-order valence-corrected chi connectivity index (χ0v) is 19.8. The minimum atomic E-state index is -0.477. The molecule has 1 aromatic carbocycles. The molecule has 2 aromatic rings. The largest absolute Gasteiger partial charge is 0.375 e. The predicted molar refractivity (Wildman–Crippen MR) is 126 cm³/mol. The summed E-state index contributed by atoms with van der Waals surface area (Å²) >= 11 is 0. The van der Waals surface area contributed by atoms with E-state index in [1.807, 2.05) is 26.1 Å². The number of nitrogens with two attached hydrogens (primary N) is 1. The number of benzene rings is 1. The van der Waals surface area contributed by atoms with Crippen molar-refractivity contribution in [2.75, 3.05) is 13.2 Å². The summed E-state index contributed by atoms with van der Waals surface area (Å²) < 4.78 is 10.7. The number of fused-ring (bicyclic) bond motifs is 1. The summed E-state index contributed by atoms with van der Waals surface area (Å²) in [6.45, 7) is 5.82. The smallest absolute Gasteiger partial charge is 0.248 e. The number of rotatable bonds is 3. The highest BCUT2D eigenvalue weighted by Crippen LogP contribution is 2.26. The molecule has 8 nitrogen and oxygen atoms in total. The number of ether oxygens (including phenoxy) is 2. The Labute approximate surface area is 196 Å². The van der Waals surface area contributed by atoms with E-state index in [0.29, 0.717) is 23.3 Å². The zero-order valence-electron chi connectivity index (χ0n) is 19.8. The molecule has 1 saturated carbocycles. The van der Waals surface area contributed by atoms with Crippen LogP contribution < -0.4 is 5.73 Å². The van der Waals surface area contributed by atoms with Crippen molar-refractivity contribution in [1.29, 1.82) is 5.26 Å². The highest BCUT2D eigenvalue weighted by Gasteiger charge is 2.33. The molecule has 2 saturated heterocycles. The maximum absolute atomic E-state index is 10.5. The number of nitriles is 1. The molecule has 8 heteroatoms. The van der Waals surface area contributed by atoms with E-state index in [1.165, 1.54) is 44.2 Å². The topological polar surface area (TPSA) is 127 Å². The van der Waals surface area contributed by atoms with Crippen LogP contribution in [0.2, 0.25) is 0 Å². The third-order valence-corrected chi connectivity index (χ3v) is 5.87. The predicted octanol–water partition coefficient (Wildman–Crippen LogP) is 4.18. The molecule has 0 bridgehead atoms. The van der Waals surface area contributed by atoms with Gasteiger partial charge in [-0.3, -0.25) is 4.79 Å². The Morgan fingerprint density at radius 1 is 1.06 bits per heavy atom. The average molecular weight is 456 g/mol. The van der Waals surface area contributed by atoms with Crippen molar-refractivity contribution in [3.63, 3.8) is 0 Å². The summed E-state index contributed by atoms with van der Waals surface area (Å²) in [6.07, 6.45) is 13.1. The Morgan fingerprint density at radius 3 is 2.15 bits per heavy atom. The Kier molecular flexibility index (Phi) is 12.2. The minimum absolute atomic E-state index is 0.420. The third kappa shape index (κ3) is 9.32. The van der Waals surface area contributed by atoms with E-state index in [1.54, 1.807) is 12.1 Å². The zero-order chi connectivity index (χ0) is 23.9. The van der Waals surface area contributed by atoms with E-state index in [-0.39, 0.29) is 0 Å². The van der Waals surface area contributed by atoms with E-state index in [0.717, 1.165) is 44.1 Å². The molecule has 2 unspecified atom stereocenters. The number of hydrogen-bond donors (Lipinski definition) is 2. The van der Waals surface area contributed by atoms with Crippen LogP contribution in [0, 0.1) is 17.2 Å². The normalized spacial score (nSPS) is 21.1. The van der Waals surface area contributed by atoms with Gasteiger partial charge in [0.2, 0.25) is 5.91 Å². The van der Waals surface area contributed by atoms with Crippen molar-refractivity contribution in [1.82, 2.24) is 15.4 Å². The SMILES string of the molecule is C1CC2OCCC2O1.CC.N#Cc1ccc(C(N)=O)cc1.c1n[nH]nc1CC1CCCCC1. The van der Waals surface area contributed by atoms with Gasteiger partial charge in [0.05, 0.1) is 35.7 Å². The van der Waals surface area contributed by atoms with Crippen LogP contribution in [-0.2, 0) is 15.9 Å². The summed E-state index contributed by atoms with van der Waals surface area (Å²) in [4.78, 5) is 10.5. The number of amides is 1. The summed E-state index contributed by atoms with van der Waals surface area (Å²) in [5.74, 6) is 0.387. The van der Waals surface area contributed by atoms with Gasteiger partial charge in [-0.05, 0) is 49.4 Å². The van der Waals surface area contributed by atoms with E-state index < -0.39 is 5.91 Å². The number of nitrogens with one attached hydrogen (secondary N) is 1. The van der Waals surface area contributed by atoms with Crippen LogP contribution in [0.4, 0.5) is 0 Å². The van der Waals surface area contributed by atoms with Crippen molar-refractivity contribution >= 4 is 5.91 Å². The van der Waals surface area contributed by atoms with Crippen LogP contribution in [0.1, 0.15) is 80.4 Å². The number of carbonyl (C=O) groups is 1. The number of hydrogen-bond acceptors (Lipinski definition) is 6. The molecule has 0 spiro atoms. The third-order valence-electron chi connectivity index (χ3n) is 5.87. The molecule has 1 aromatic heterocycles. The monoisotopic (exact) mass is 455 g/mol. The van der Waals surface area contributed by atoms with Gasteiger partial charge in [-0.15, -0.1) is 0 Å². The summed E-state index contributed by atoms with van der Waals surface area (Å²) in [6, 6.07) is 8.11. The van der Waals surface area contributed by atoms with Gasteiger partial charge in [0, 0.05) is 18.8 Å². The second-order valence-electron chi connectivity index (χ2n) is 8.12. The van der Waals surface area contributed by atoms with E-state index in [9.17, 15) is 4.79 Å². The molecular formula is C25H37N5O3. The molecular weight excluding hydrogens is 418 g/mol. The van der Waals surface area contributed by atoms with Crippen LogP contribution in [0.15, 0.2) is 30.5 Å². The Hall–Kier alpha value is -2.76. The number of H-pyrrole nitrogens is 1. The van der Waals surface area contributed by atoms with Gasteiger partial charge < -0.3 is 15.2 Å². The van der Waals surface area contributed by atoms with Crippen LogP contribution in [-0.4, -0.2) is 46.7 Å². The standard InChI is InChI=1S/C9H15N3.C8H6N2O.C6H10O2.C2H6/c1-2-4-8(5-3-1)6-9-7-10-12-11-9;9-5-6-1-3-7(4-2-6)8(10)11;1-3-7-6-2-4-8-5(1)6;1-2/h7-8H,1-6H2,(H,10,11,12);1-4H,(H2,10,11);5-6H,1-4H2;1-2H3. The highest BCUT2D eigenvalue weighted by atomic mass is 16.6. The second kappa shape index (κ2) is 15.1. The van der Waals surface area contributed by atoms with E-state index >= 15 is 0 Å². The van der Waals surface area contributed by atoms with E-state index in [4.69, 9.17) is 20.5 Å². The van der Waals surface area contributed by atoms with Crippen LogP contribution in [0.25, 0.3) is 0 Å². The lowest BCUT2D eigenvalue weighted by molar-refractivity contribution is 0.0732. The maximum atomic E-state index is 10.5. The lowest BCUT2D eigenvalue weighted by Crippen LogP contribution is -2.13. The summed E-state index contributed by atoms with van der Waals surface area (Å²) in [5, 5.41) is 18.9. The first-order valence-electron chi connectivity index (χ1n) is 12.0. The molecule has 2 atom stereocenters. The van der Waals surface area contributed by atoms with Gasteiger partial charge in [0.1, 0.15) is 0 Å². The van der Waals surface area contributed by atoms with Crippen molar-refractivity contribution in [3.8, 4) is 6.07 Å². The lowest BCUT2D eigenvalue weighted by Gasteiger charge is -2.19. The molecule has 0 radical (unpaired) electrons. The summed E-state index contributed by atoms with van der Waals surface area (Å²) in [5.41, 5.74) is 7.05. The quantitative estimate of drug-likeness (QED) is 0.715. The molecule has 180 valence electrons. The fourth-order valence-corrected chi connectivity index (χ4v) is 4.14. The second-order valence-corrected chi connectivity index (χ2v) is 8.12. The molecule has 2 aliphatic heterocycles. The fourth-order valence-electron chi connectivity index (χ4n) is 4.14. The molecule has 1 aliphatic carbocycles. The number of aromatic nitrogens is 3. The molecule has 1 amide bonds. The van der Waals surface area contributed by atoms with Gasteiger partial charge in [0.25, 0.3) is 0 Å². The van der Waals surface area contributed by atoms with Crippen LogP contribution in [0.3, 0.4) is 0 Å². The maximum Gasteiger partial charge on any atom is 0.248 e. The number of nitrogens with zero attached hydrogens (tertiary/aromatic N) is 3. The Balaban J connectivity index is 0.000000171. The first-order chi connectivity index (χ1) is 16.2. The lowest BCUT2D eigenvalue weighted by atomic mass is 9.86. The first-order valence-corrected chi connectivity index (χ1v) is 12.0. The fraction of sp³-hybridized carbons (Fsp3) is 0.600. The molecule has 3 fully saturated rings. The number of primary amides is 1. The van der Waals surface area contributed by atoms with Gasteiger partial charge in [-0.2, -0.15) is 20.7 Å². The molecule has 5 rings (SSSR count). The van der Waals surface area contributed by atoms with Gasteiger partial charge in [0.15, 0.2) is 0 Å². The summed E-state index contributed by atoms with van der Waals surface area (Å²) in [7, 11) is 0. The molecule has 3 aliphatic rings. The van der Waals surface area contributed by atoms with Crippen molar-refractivity contribution in [2.45, 2.75) is 77.4 Å². The van der Waals surface area contributed by atoms with E-state index in [2.05, 4.69) is 15.4 Å². The number of aromatic amines is 1. The van der Waals surface area contributed by atoms with Crippen molar-refractivity contribution < 1.29 is 14.3 Å². The van der Waals surface area contributed by atoms with Crippen LogP contribution in [0.5, 0.6) is 0 Å². The Bertz CT molecular complexity index is 807. The van der Waals surface area contributed by atoms with Crippen molar-refractivity contribution in [3.05, 3.63) is 47.3 Å². The molecule has 3 N–H and O–H groups in total. The highest BCUT2D eigenvalue weighted by molar-refractivity contribution is 5.92. The van der Waals surface area contributed by atoms with Gasteiger partial charge >= 0.3 is 0 Å². The first kappa shape index (κ1) is 26.5. The number of carbonyl (C=O) groups excluding carboxylic acids is 1. The minimum Gasteiger partial charge on any atom is -0.375 e. The van der Waals surface area contributed by atoms with Gasteiger partial charge in [-0.1, -0.05) is 46.0 Å². The van der Waals surface area contributed by atoms with Crippen LogP contribution >= 0.6 is 0 Å². The molecule has 33 heavy (non-hydrogen) atoms. The van der Waals surface area contributed by atoms with Gasteiger partial charge in [-0.25, -0.2) is 0 Å².